The Hall–Kier alpha value is -3.58. The van der Waals surface area contributed by atoms with Crippen LogP contribution in [0.5, 0.6) is 0 Å². The summed E-state index contributed by atoms with van der Waals surface area (Å²) in [5.41, 5.74) is 3.23. The third-order valence-electron chi connectivity index (χ3n) is 4.51. The molecule has 0 aliphatic carbocycles. The highest BCUT2D eigenvalue weighted by Crippen LogP contribution is 2.30. The second-order valence-electron chi connectivity index (χ2n) is 6.48. The molecule has 2 N–H and O–H groups in total. The number of H-pyrrole nitrogens is 1. The molecule has 2 heterocycles. The van der Waals surface area contributed by atoms with E-state index in [2.05, 4.69) is 20.5 Å². The number of fused-ring (bicyclic) bond motifs is 3. The molecule has 0 unspecified atom stereocenters. The van der Waals surface area contributed by atoms with Gasteiger partial charge in [0, 0.05) is 28.1 Å². The van der Waals surface area contributed by atoms with Gasteiger partial charge in [-0.25, -0.2) is 4.98 Å². The Morgan fingerprint density at radius 1 is 0.966 bits per heavy atom. The highest BCUT2D eigenvalue weighted by Gasteiger charge is 2.11. The first kappa shape index (κ1) is 17.5. The molecule has 0 saturated heterocycles. The fourth-order valence-corrected chi connectivity index (χ4v) is 3.77. The Balaban J connectivity index is 1.25. The summed E-state index contributed by atoms with van der Waals surface area (Å²) in [7, 11) is 0. The Labute approximate surface area is 170 Å². The SMILES string of the molecule is O=C(CSc1n[nH]c(-c2ccccc2)n1)Nc1ccc2c(c1)oc1ccccc12. The highest BCUT2D eigenvalue weighted by molar-refractivity contribution is 7.99. The van der Waals surface area contributed by atoms with Gasteiger partial charge in [-0.1, -0.05) is 60.3 Å². The summed E-state index contributed by atoms with van der Waals surface area (Å²) < 4.78 is 5.87. The van der Waals surface area contributed by atoms with Gasteiger partial charge in [-0.2, -0.15) is 0 Å². The number of aromatic amines is 1. The number of hydrogen-bond acceptors (Lipinski definition) is 5. The predicted molar refractivity (Wildman–Crippen MR) is 115 cm³/mol. The first-order valence-electron chi connectivity index (χ1n) is 9.08. The number of benzene rings is 3. The topological polar surface area (TPSA) is 83.8 Å². The summed E-state index contributed by atoms with van der Waals surface area (Å²) in [5.74, 6) is 0.768. The Kier molecular flexibility index (Phi) is 4.50. The van der Waals surface area contributed by atoms with E-state index >= 15 is 0 Å². The van der Waals surface area contributed by atoms with E-state index in [0.29, 0.717) is 16.7 Å². The van der Waals surface area contributed by atoms with Crippen LogP contribution in [-0.2, 0) is 4.79 Å². The summed E-state index contributed by atoms with van der Waals surface area (Å²) in [4.78, 5) is 16.8. The molecule has 0 fully saturated rings. The molecule has 0 radical (unpaired) electrons. The van der Waals surface area contributed by atoms with Gasteiger partial charge < -0.3 is 9.73 Å². The number of hydrogen-bond donors (Lipinski definition) is 2. The van der Waals surface area contributed by atoms with Crippen molar-refractivity contribution in [3.8, 4) is 11.4 Å². The van der Waals surface area contributed by atoms with Crippen LogP contribution in [0, 0.1) is 0 Å². The average molecular weight is 400 g/mol. The number of amides is 1. The van der Waals surface area contributed by atoms with Gasteiger partial charge in [0.1, 0.15) is 11.2 Å². The van der Waals surface area contributed by atoms with Crippen molar-refractivity contribution < 1.29 is 9.21 Å². The predicted octanol–water partition coefficient (Wildman–Crippen LogP) is 5.10. The van der Waals surface area contributed by atoms with Crippen molar-refractivity contribution in [3.63, 3.8) is 0 Å². The maximum atomic E-state index is 12.3. The number of aromatic nitrogens is 3. The quantitative estimate of drug-likeness (QED) is 0.401. The van der Waals surface area contributed by atoms with Crippen LogP contribution in [0.15, 0.2) is 82.4 Å². The van der Waals surface area contributed by atoms with Crippen molar-refractivity contribution in [2.45, 2.75) is 5.16 Å². The zero-order valence-corrected chi connectivity index (χ0v) is 16.1. The zero-order chi connectivity index (χ0) is 19.6. The van der Waals surface area contributed by atoms with E-state index in [1.54, 1.807) is 0 Å². The molecule has 0 saturated carbocycles. The molecule has 1 amide bonds. The molecule has 0 atom stereocenters. The fraction of sp³-hybridized carbons (Fsp3) is 0.0455. The molecule has 2 aromatic heterocycles. The normalized spacial score (nSPS) is 11.2. The lowest BCUT2D eigenvalue weighted by Gasteiger charge is -2.03. The maximum absolute atomic E-state index is 12.3. The second kappa shape index (κ2) is 7.44. The van der Waals surface area contributed by atoms with Gasteiger partial charge in [-0.05, 0) is 18.2 Å². The van der Waals surface area contributed by atoms with Gasteiger partial charge >= 0.3 is 0 Å². The fourth-order valence-electron chi connectivity index (χ4n) is 3.17. The molecule has 0 spiro atoms. The summed E-state index contributed by atoms with van der Waals surface area (Å²) in [6.45, 7) is 0. The second-order valence-corrected chi connectivity index (χ2v) is 7.42. The van der Waals surface area contributed by atoms with Crippen molar-refractivity contribution in [1.82, 2.24) is 15.2 Å². The number of furan rings is 1. The van der Waals surface area contributed by atoms with Crippen LogP contribution in [0.1, 0.15) is 0 Å². The third kappa shape index (κ3) is 3.60. The number of carbonyl (C=O) groups is 1. The van der Waals surface area contributed by atoms with Crippen molar-refractivity contribution in [2.75, 3.05) is 11.1 Å². The Morgan fingerprint density at radius 3 is 2.66 bits per heavy atom. The lowest BCUT2D eigenvalue weighted by atomic mass is 10.1. The molecule has 6 nitrogen and oxygen atoms in total. The van der Waals surface area contributed by atoms with Crippen LogP contribution in [0.2, 0.25) is 0 Å². The van der Waals surface area contributed by atoms with Gasteiger partial charge in [0.25, 0.3) is 0 Å². The van der Waals surface area contributed by atoms with Gasteiger partial charge in [0.05, 0.1) is 5.75 Å². The summed E-state index contributed by atoms with van der Waals surface area (Å²) in [6, 6.07) is 23.3. The minimum atomic E-state index is -0.128. The summed E-state index contributed by atoms with van der Waals surface area (Å²) >= 11 is 1.28. The molecule has 29 heavy (non-hydrogen) atoms. The van der Waals surface area contributed by atoms with Crippen LogP contribution in [0.4, 0.5) is 5.69 Å². The number of para-hydroxylation sites is 1. The van der Waals surface area contributed by atoms with Crippen LogP contribution in [0.3, 0.4) is 0 Å². The number of rotatable bonds is 5. The first-order valence-corrected chi connectivity index (χ1v) is 10.1. The highest BCUT2D eigenvalue weighted by atomic mass is 32.2. The standard InChI is InChI=1S/C22H16N4O2S/c27-20(13-29-22-24-21(25-26-22)14-6-2-1-3-7-14)23-15-10-11-17-16-8-4-5-9-18(16)28-19(17)12-15/h1-12H,13H2,(H,23,27)(H,24,25,26). The number of thioether (sulfide) groups is 1. The number of nitrogens with one attached hydrogen (secondary N) is 2. The van der Waals surface area contributed by atoms with Crippen LogP contribution in [0.25, 0.3) is 33.3 Å². The first-order chi connectivity index (χ1) is 14.3. The third-order valence-corrected chi connectivity index (χ3v) is 5.35. The molecule has 0 aliphatic heterocycles. The van der Waals surface area contributed by atoms with Gasteiger partial charge in [0.2, 0.25) is 11.1 Å². The van der Waals surface area contributed by atoms with Gasteiger partial charge in [0.15, 0.2) is 5.82 Å². The minimum absolute atomic E-state index is 0.128. The molecule has 3 aromatic carbocycles. The average Bonchev–Trinajstić information content (AvgIpc) is 3.37. The van der Waals surface area contributed by atoms with Crippen molar-refractivity contribution in [3.05, 3.63) is 72.8 Å². The van der Waals surface area contributed by atoms with Crippen LogP contribution < -0.4 is 5.32 Å². The number of carbonyl (C=O) groups excluding carboxylic acids is 1. The smallest absolute Gasteiger partial charge is 0.234 e. The van der Waals surface area contributed by atoms with E-state index in [4.69, 9.17) is 4.42 Å². The van der Waals surface area contributed by atoms with Crippen LogP contribution >= 0.6 is 11.8 Å². The van der Waals surface area contributed by atoms with Crippen molar-refractivity contribution in [1.29, 1.82) is 0 Å². The minimum Gasteiger partial charge on any atom is -0.456 e. The molecule has 5 rings (SSSR count). The lowest BCUT2D eigenvalue weighted by molar-refractivity contribution is -0.113. The molecular formula is C22H16N4O2S. The summed E-state index contributed by atoms with van der Waals surface area (Å²) in [6.07, 6.45) is 0. The monoisotopic (exact) mass is 400 g/mol. The van der Waals surface area contributed by atoms with E-state index < -0.39 is 0 Å². The molecule has 5 aromatic rings. The van der Waals surface area contributed by atoms with Gasteiger partial charge in [-0.15, -0.1) is 5.10 Å². The van der Waals surface area contributed by atoms with E-state index in [-0.39, 0.29) is 11.7 Å². The van der Waals surface area contributed by atoms with Crippen molar-refractivity contribution >= 4 is 45.3 Å². The molecule has 0 aliphatic rings. The van der Waals surface area contributed by atoms with Gasteiger partial charge in [-0.3, -0.25) is 9.89 Å². The lowest BCUT2D eigenvalue weighted by Crippen LogP contribution is -2.14. The molecule has 7 heteroatoms. The van der Waals surface area contributed by atoms with E-state index in [0.717, 1.165) is 27.5 Å². The maximum Gasteiger partial charge on any atom is 0.234 e. The molecule has 142 valence electrons. The molecule has 0 bridgehead atoms. The van der Waals surface area contributed by atoms with E-state index in [1.807, 2.05) is 72.8 Å². The zero-order valence-electron chi connectivity index (χ0n) is 15.3. The number of anilines is 1. The van der Waals surface area contributed by atoms with Crippen LogP contribution in [-0.4, -0.2) is 26.8 Å². The Morgan fingerprint density at radius 2 is 1.76 bits per heavy atom. The largest absolute Gasteiger partial charge is 0.456 e. The molecular weight excluding hydrogens is 384 g/mol. The van der Waals surface area contributed by atoms with Crippen molar-refractivity contribution in [2.24, 2.45) is 0 Å². The number of nitrogens with zero attached hydrogens (tertiary/aromatic N) is 2. The Bertz CT molecular complexity index is 1310. The van der Waals surface area contributed by atoms with E-state index in [9.17, 15) is 4.79 Å². The van der Waals surface area contributed by atoms with E-state index in [1.165, 1.54) is 11.8 Å². The summed E-state index contributed by atoms with van der Waals surface area (Å²) in [5, 5.41) is 12.6.